The molecule has 0 fully saturated rings. The van der Waals surface area contributed by atoms with Gasteiger partial charge in [-0.15, -0.1) is 0 Å². The van der Waals surface area contributed by atoms with E-state index in [0.717, 1.165) is 0 Å². The number of ether oxygens (including phenoxy) is 1. The lowest BCUT2D eigenvalue weighted by Crippen LogP contribution is -2.56. The molecule has 0 unspecified atom stereocenters. The number of hydrogen-bond donors (Lipinski definition) is 3. The Balaban J connectivity index is 1.99. The van der Waals surface area contributed by atoms with Crippen molar-refractivity contribution >= 4 is 11.9 Å². The van der Waals surface area contributed by atoms with Crippen LogP contribution >= 0.6 is 0 Å². The quantitative estimate of drug-likeness (QED) is 0.722. The van der Waals surface area contributed by atoms with Gasteiger partial charge in [0.2, 0.25) is 5.91 Å². The molecule has 2 aromatic rings. The summed E-state index contributed by atoms with van der Waals surface area (Å²) in [6.07, 6.45) is 0.00842. The first kappa shape index (κ1) is 17.3. The Hall–Kier alpha value is -3.02. The molecule has 1 amide bonds. The van der Waals surface area contributed by atoms with E-state index in [2.05, 4.69) is 5.32 Å². The standard InChI is InChI=1S/C18H19NO5/c1-18(17(22)23,12-24-15-5-3-2-4-6-15)19-16(21)11-13-7-9-14(20)10-8-13/h2-10,20H,11-12H2,1H3,(H,19,21)(H,22,23)/t18-/m0/s1. The summed E-state index contributed by atoms with van der Waals surface area (Å²) in [5.41, 5.74) is -0.883. The minimum atomic E-state index is -1.55. The summed E-state index contributed by atoms with van der Waals surface area (Å²) in [4.78, 5) is 23.7. The van der Waals surface area contributed by atoms with Gasteiger partial charge in [0, 0.05) is 0 Å². The summed E-state index contributed by atoms with van der Waals surface area (Å²) in [5.74, 6) is -0.997. The van der Waals surface area contributed by atoms with Crippen molar-refractivity contribution in [3.63, 3.8) is 0 Å². The van der Waals surface area contributed by atoms with E-state index in [1.807, 2.05) is 6.07 Å². The van der Waals surface area contributed by atoms with Crippen LogP contribution in [0.1, 0.15) is 12.5 Å². The summed E-state index contributed by atoms with van der Waals surface area (Å²) in [5, 5.41) is 21.2. The number of phenolic OH excluding ortho intramolecular Hbond substituents is 1. The summed E-state index contributed by atoms with van der Waals surface area (Å²) in [6, 6.07) is 14.9. The molecule has 0 radical (unpaired) electrons. The lowest BCUT2D eigenvalue weighted by Gasteiger charge is -2.26. The van der Waals surface area contributed by atoms with E-state index in [1.54, 1.807) is 36.4 Å². The molecular formula is C18H19NO5. The van der Waals surface area contributed by atoms with Crippen molar-refractivity contribution in [3.8, 4) is 11.5 Å². The van der Waals surface area contributed by atoms with Crippen molar-refractivity contribution in [1.82, 2.24) is 5.32 Å². The van der Waals surface area contributed by atoms with Gasteiger partial charge in [-0.1, -0.05) is 30.3 Å². The molecule has 0 heterocycles. The smallest absolute Gasteiger partial charge is 0.332 e. The Morgan fingerprint density at radius 1 is 1.08 bits per heavy atom. The van der Waals surface area contributed by atoms with Crippen LogP contribution in [0.15, 0.2) is 54.6 Å². The van der Waals surface area contributed by atoms with Crippen molar-refractivity contribution in [2.45, 2.75) is 18.9 Å². The number of carboxylic acid groups (broad SMARTS) is 1. The molecule has 2 rings (SSSR count). The fourth-order valence-electron chi connectivity index (χ4n) is 2.05. The molecule has 0 spiro atoms. The molecule has 126 valence electrons. The molecule has 0 aromatic heterocycles. The highest BCUT2D eigenvalue weighted by atomic mass is 16.5. The molecule has 0 saturated carbocycles. The predicted molar refractivity (Wildman–Crippen MR) is 87.9 cm³/mol. The first-order valence-electron chi connectivity index (χ1n) is 7.39. The number of rotatable bonds is 7. The number of benzene rings is 2. The predicted octanol–water partition coefficient (Wildman–Crippen LogP) is 1.97. The van der Waals surface area contributed by atoms with Gasteiger partial charge in [0.05, 0.1) is 6.42 Å². The molecule has 24 heavy (non-hydrogen) atoms. The van der Waals surface area contributed by atoms with Crippen molar-refractivity contribution < 1.29 is 24.5 Å². The number of carbonyl (C=O) groups excluding carboxylic acids is 1. The van der Waals surface area contributed by atoms with Crippen molar-refractivity contribution in [2.75, 3.05) is 6.61 Å². The lowest BCUT2D eigenvalue weighted by molar-refractivity contribution is -0.148. The fraction of sp³-hybridized carbons (Fsp3) is 0.222. The second-order valence-corrected chi connectivity index (χ2v) is 5.63. The molecule has 6 heteroatoms. The fourth-order valence-corrected chi connectivity index (χ4v) is 2.05. The third-order valence-corrected chi connectivity index (χ3v) is 3.46. The second-order valence-electron chi connectivity index (χ2n) is 5.63. The number of carbonyl (C=O) groups is 2. The van der Waals surface area contributed by atoms with Crippen molar-refractivity contribution in [3.05, 3.63) is 60.2 Å². The van der Waals surface area contributed by atoms with Crippen LogP contribution in [0.4, 0.5) is 0 Å². The average molecular weight is 329 g/mol. The highest BCUT2D eigenvalue weighted by Crippen LogP contribution is 2.14. The molecule has 3 N–H and O–H groups in total. The van der Waals surface area contributed by atoms with Gasteiger partial charge >= 0.3 is 5.97 Å². The summed E-state index contributed by atoms with van der Waals surface area (Å²) < 4.78 is 5.47. The van der Waals surface area contributed by atoms with E-state index in [-0.39, 0.29) is 18.8 Å². The summed E-state index contributed by atoms with van der Waals surface area (Å²) in [6.45, 7) is 1.20. The van der Waals surface area contributed by atoms with Crippen LogP contribution in [-0.4, -0.2) is 34.2 Å². The summed E-state index contributed by atoms with van der Waals surface area (Å²) in [7, 11) is 0. The van der Waals surface area contributed by atoms with Gasteiger partial charge in [-0.25, -0.2) is 4.79 Å². The normalized spacial score (nSPS) is 12.9. The molecule has 0 bridgehead atoms. The number of carboxylic acids is 1. The number of amides is 1. The zero-order valence-electron chi connectivity index (χ0n) is 13.2. The van der Waals surface area contributed by atoms with Crippen LogP contribution in [0, 0.1) is 0 Å². The summed E-state index contributed by atoms with van der Waals surface area (Å²) >= 11 is 0. The van der Waals surface area contributed by atoms with Gasteiger partial charge < -0.3 is 20.3 Å². The Morgan fingerprint density at radius 3 is 2.29 bits per heavy atom. The third-order valence-electron chi connectivity index (χ3n) is 3.46. The van der Waals surface area contributed by atoms with Crippen molar-refractivity contribution in [1.29, 1.82) is 0 Å². The number of hydrogen-bond acceptors (Lipinski definition) is 4. The Bertz CT molecular complexity index is 699. The van der Waals surface area contributed by atoms with E-state index in [9.17, 15) is 19.8 Å². The van der Waals surface area contributed by atoms with Gasteiger partial charge in [-0.05, 0) is 36.8 Å². The van der Waals surface area contributed by atoms with Crippen LogP contribution in [0.2, 0.25) is 0 Å². The highest BCUT2D eigenvalue weighted by Gasteiger charge is 2.36. The first-order valence-corrected chi connectivity index (χ1v) is 7.39. The maximum atomic E-state index is 12.1. The van der Waals surface area contributed by atoms with Crippen LogP contribution in [0.3, 0.4) is 0 Å². The number of aromatic hydroxyl groups is 1. The maximum absolute atomic E-state index is 12.1. The second kappa shape index (κ2) is 7.50. The number of phenols is 1. The number of nitrogens with one attached hydrogen (secondary N) is 1. The largest absolute Gasteiger partial charge is 0.508 e. The molecule has 0 aliphatic carbocycles. The van der Waals surface area contributed by atoms with Crippen molar-refractivity contribution in [2.24, 2.45) is 0 Å². The van der Waals surface area contributed by atoms with Crippen LogP contribution in [0.5, 0.6) is 11.5 Å². The average Bonchev–Trinajstić information content (AvgIpc) is 2.56. The number of para-hydroxylation sites is 1. The zero-order valence-corrected chi connectivity index (χ0v) is 13.2. The first-order chi connectivity index (χ1) is 11.4. The Labute approximate surface area is 139 Å². The van der Waals surface area contributed by atoms with Crippen LogP contribution < -0.4 is 10.1 Å². The van der Waals surface area contributed by atoms with E-state index < -0.39 is 17.4 Å². The van der Waals surface area contributed by atoms with Crippen LogP contribution in [-0.2, 0) is 16.0 Å². The minimum absolute atomic E-state index is 0.00842. The monoisotopic (exact) mass is 329 g/mol. The van der Waals surface area contributed by atoms with Gasteiger partial charge in [0.1, 0.15) is 18.1 Å². The van der Waals surface area contributed by atoms with Gasteiger partial charge in [0.25, 0.3) is 0 Å². The van der Waals surface area contributed by atoms with E-state index in [4.69, 9.17) is 4.74 Å². The molecule has 1 atom stereocenters. The van der Waals surface area contributed by atoms with E-state index >= 15 is 0 Å². The van der Waals surface area contributed by atoms with E-state index in [0.29, 0.717) is 11.3 Å². The highest BCUT2D eigenvalue weighted by molar-refractivity contribution is 5.87. The number of aliphatic carboxylic acids is 1. The molecule has 6 nitrogen and oxygen atoms in total. The van der Waals surface area contributed by atoms with Gasteiger partial charge in [-0.2, -0.15) is 0 Å². The Morgan fingerprint density at radius 2 is 1.71 bits per heavy atom. The SMILES string of the molecule is C[C@@](COc1ccccc1)(NC(=O)Cc1ccc(O)cc1)C(=O)O. The molecular weight excluding hydrogens is 310 g/mol. The van der Waals surface area contributed by atoms with Crippen LogP contribution in [0.25, 0.3) is 0 Å². The minimum Gasteiger partial charge on any atom is -0.508 e. The van der Waals surface area contributed by atoms with E-state index in [1.165, 1.54) is 19.1 Å². The molecule has 0 saturated heterocycles. The zero-order chi connectivity index (χ0) is 17.6. The molecule has 2 aromatic carbocycles. The lowest BCUT2D eigenvalue weighted by atomic mass is 10.0. The topological polar surface area (TPSA) is 95.9 Å². The van der Waals surface area contributed by atoms with Gasteiger partial charge in [-0.3, -0.25) is 4.79 Å². The van der Waals surface area contributed by atoms with Gasteiger partial charge in [0.15, 0.2) is 5.54 Å². The molecule has 0 aliphatic heterocycles. The molecule has 0 aliphatic rings. The third kappa shape index (κ3) is 4.74. The Kier molecular flexibility index (Phi) is 5.42. The maximum Gasteiger partial charge on any atom is 0.332 e.